The molecule has 0 N–H and O–H groups in total. The van der Waals surface area contributed by atoms with E-state index >= 15 is 0 Å². The van der Waals surface area contributed by atoms with Gasteiger partial charge in [-0.05, 0) is 68.5 Å². The lowest BCUT2D eigenvalue weighted by molar-refractivity contribution is 0.482. The van der Waals surface area contributed by atoms with Crippen LogP contribution in [0.3, 0.4) is 0 Å². The van der Waals surface area contributed by atoms with Crippen molar-refractivity contribution < 1.29 is 0 Å². The van der Waals surface area contributed by atoms with Gasteiger partial charge in [0.15, 0.2) is 0 Å². The van der Waals surface area contributed by atoms with E-state index in [1.165, 1.54) is 102 Å². The Morgan fingerprint density at radius 3 is 1.44 bits per heavy atom. The molecule has 2 nitrogen and oxygen atoms in total. The Hall–Kier alpha value is 1.18. The van der Waals surface area contributed by atoms with Crippen LogP contribution in [-0.2, 0) is 0 Å². The lowest BCUT2D eigenvalue weighted by Gasteiger charge is -2.22. The smallest absolute Gasteiger partial charge is 0.147 e. The van der Waals surface area contributed by atoms with Crippen LogP contribution in [0.1, 0.15) is 131 Å². The summed E-state index contributed by atoms with van der Waals surface area (Å²) < 4.78 is 2.12. The molecule has 0 bridgehead atoms. The molecule has 0 radical (unpaired) electrons. The first-order valence-corrected chi connectivity index (χ1v) is 20.1. The van der Waals surface area contributed by atoms with Crippen LogP contribution in [-0.4, -0.2) is 55.6 Å². The van der Waals surface area contributed by atoms with Crippen LogP contribution in [0, 0.1) is 0 Å². The van der Waals surface area contributed by atoms with Gasteiger partial charge in [-0.1, -0.05) is 130 Å². The summed E-state index contributed by atoms with van der Waals surface area (Å²) in [6.07, 6.45) is 20.7. The molecule has 0 rings (SSSR count). The SMILES string of the molecule is CCCCCCCCC(CCCCCCCCCSSC(=S)N(CC)CC)SSC(=S)N(CC)CC. The van der Waals surface area contributed by atoms with E-state index in [2.05, 4.69) is 55.2 Å². The van der Waals surface area contributed by atoms with E-state index < -0.39 is 0 Å². The second kappa shape index (κ2) is 27.7. The van der Waals surface area contributed by atoms with Crippen molar-refractivity contribution in [1.82, 2.24) is 9.80 Å². The van der Waals surface area contributed by atoms with Crippen molar-refractivity contribution in [3.8, 4) is 0 Å². The van der Waals surface area contributed by atoms with Gasteiger partial charge in [-0.2, -0.15) is 0 Å². The van der Waals surface area contributed by atoms with Gasteiger partial charge in [-0.15, -0.1) is 0 Å². The van der Waals surface area contributed by atoms with Crippen molar-refractivity contribution in [3.63, 3.8) is 0 Å². The molecule has 1 unspecified atom stereocenters. The van der Waals surface area contributed by atoms with Crippen LogP contribution >= 0.6 is 67.6 Å². The van der Waals surface area contributed by atoms with Gasteiger partial charge in [-0.3, -0.25) is 0 Å². The lowest BCUT2D eigenvalue weighted by Crippen LogP contribution is -2.26. The first-order chi connectivity index (χ1) is 17.5. The van der Waals surface area contributed by atoms with E-state index in [1.807, 2.05) is 21.6 Å². The zero-order valence-corrected chi connectivity index (χ0v) is 29.0. The molecule has 8 heteroatoms. The lowest BCUT2D eigenvalue weighted by atomic mass is 10.0. The summed E-state index contributed by atoms with van der Waals surface area (Å²) in [5, 5.41) is 0.756. The van der Waals surface area contributed by atoms with Crippen LogP contribution in [0.15, 0.2) is 0 Å². The average Bonchev–Trinajstić information content (AvgIpc) is 2.88. The highest BCUT2D eigenvalue weighted by molar-refractivity contribution is 8.84. The van der Waals surface area contributed by atoms with Crippen LogP contribution in [0.4, 0.5) is 0 Å². The van der Waals surface area contributed by atoms with E-state index in [1.54, 1.807) is 10.8 Å². The third kappa shape index (κ3) is 21.1. The van der Waals surface area contributed by atoms with Crippen molar-refractivity contribution in [1.29, 1.82) is 0 Å². The molecule has 0 aliphatic rings. The summed E-state index contributed by atoms with van der Waals surface area (Å²) >= 11 is 11.2. The number of thiocarbonyl (C=S) groups is 2. The highest BCUT2D eigenvalue weighted by Crippen LogP contribution is 2.35. The fourth-order valence-electron chi connectivity index (χ4n) is 4.08. The minimum atomic E-state index is 0.756. The molecule has 1 atom stereocenters. The zero-order valence-electron chi connectivity index (χ0n) is 24.1. The Bertz CT molecular complexity index is 512. The molecule has 36 heavy (non-hydrogen) atoms. The largest absolute Gasteiger partial charge is 0.357 e. The van der Waals surface area contributed by atoms with Crippen LogP contribution in [0.25, 0.3) is 0 Å². The van der Waals surface area contributed by atoms with E-state index in [4.69, 9.17) is 24.4 Å². The molecule has 214 valence electrons. The predicted molar refractivity (Wildman–Crippen MR) is 185 cm³/mol. The van der Waals surface area contributed by atoms with Gasteiger partial charge in [0.05, 0.1) is 0 Å². The van der Waals surface area contributed by atoms with Gasteiger partial charge >= 0.3 is 0 Å². The Morgan fingerprint density at radius 1 is 0.556 bits per heavy atom. The molecule has 0 aliphatic heterocycles. The van der Waals surface area contributed by atoms with E-state index in [-0.39, 0.29) is 0 Å². The van der Waals surface area contributed by atoms with Crippen molar-refractivity contribution in [2.75, 3.05) is 31.9 Å². The Balaban J connectivity index is 3.99. The summed E-state index contributed by atoms with van der Waals surface area (Å²) in [6, 6.07) is 0. The molecule has 0 saturated carbocycles. The number of nitrogens with zero attached hydrogens (tertiary/aromatic N) is 2. The second-order valence-corrected chi connectivity index (χ2v) is 15.6. The maximum atomic E-state index is 5.69. The van der Waals surface area contributed by atoms with Gasteiger partial charge in [-0.25, -0.2) is 0 Å². The average molecular weight is 613 g/mol. The van der Waals surface area contributed by atoms with E-state index in [0.717, 1.165) is 40.1 Å². The molecule has 0 aromatic rings. The number of hydrogen-bond acceptors (Lipinski definition) is 6. The number of hydrogen-bond donors (Lipinski definition) is 0. The van der Waals surface area contributed by atoms with Gasteiger partial charge in [0.2, 0.25) is 0 Å². The van der Waals surface area contributed by atoms with Crippen LogP contribution < -0.4 is 0 Å². The van der Waals surface area contributed by atoms with Gasteiger partial charge in [0.25, 0.3) is 0 Å². The Morgan fingerprint density at radius 2 is 0.972 bits per heavy atom. The maximum absolute atomic E-state index is 5.69. The fourth-order valence-corrected chi connectivity index (χ4v) is 10.1. The topological polar surface area (TPSA) is 6.48 Å². The number of rotatable bonds is 24. The quantitative estimate of drug-likeness (QED) is 0.0595. The molecule has 0 saturated heterocycles. The fraction of sp³-hybridized carbons (Fsp3) is 0.929. The first kappa shape index (κ1) is 37.2. The molecule has 0 aromatic heterocycles. The van der Waals surface area contributed by atoms with Gasteiger partial charge in [0.1, 0.15) is 8.64 Å². The summed E-state index contributed by atoms with van der Waals surface area (Å²) in [6.45, 7) is 15.1. The van der Waals surface area contributed by atoms with Crippen molar-refractivity contribution >= 4 is 76.3 Å². The molecular formula is C28H56N2S6. The molecule has 0 heterocycles. The van der Waals surface area contributed by atoms with Crippen molar-refractivity contribution in [2.24, 2.45) is 0 Å². The van der Waals surface area contributed by atoms with Crippen LogP contribution in [0.5, 0.6) is 0 Å². The minimum Gasteiger partial charge on any atom is -0.357 e. The predicted octanol–water partition coefficient (Wildman–Crippen LogP) is 11.2. The first-order valence-electron chi connectivity index (χ1n) is 14.7. The molecule has 0 spiro atoms. The Labute approximate surface area is 252 Å². The highest BCUT2D eigenvalue weighted by atomic mass is 33.1. The summed E-state index contributed by atoms with van der Waals surface area (Å²) in [4.78, 5) is 4.58. The Kier molecular flexibility index (Phi) is 28.6. The normalized spacial score (nSPS) is 12.0. The minimum absolute atomic E-state index is 0.756. The highest BCUT2D eigenvalue weighted by Gasteiger charge is 2.14. The van der Waals surface area contributed by atoms with E-state index in [0.29, 0.717) is 0 Å². The van der Waals surface area contributed by atoms with Crippen molar-refractivity contribution in [2.45, 2.75) is 136 Å². The summed E-state index contributed by atoms with van der Waals surface area (Å²) in [7, 11) is 7.65. The second-order valence-electron chi connectivity index (χ2n) is 9.40. The van der Waals surface area contributed by atoms with Crippen molar-refractivity contribution in [3.05, 3.63) is 0 Å². The summed E-state index contributed by atoms with van der Waals surface area (Å²) in [5.41, 5.74) is 0. The zero-order chi connectivity index (χ0) is 26.9. The standard InChI is InChI=1S/C28H56N2S6/c1-6-11-12-13-17-20-23-26(34-36-28(32)30(9-4)10-5)24-21-18-15-14-16-19-22-25-33-35-27(31)29(7-2)8-3/h26H,6-25H2,1-5H3. The van der Waals surface area contributed by atoms with Gasteiger partial charge < -0.3 is 9.80 Å². The molecule has 0 aromatic carbocycles. The maximum Gasteiger partial charge on any atom is 0.147 e. The summed E-state index contributed by atoms with van der Waals surface area (Å²) in [5.74, 6) is 1.22. The molecule has 0 aliphatic carbocycles. The van der Waals surface area contributed by atoms with Crippen LogP contribution in [0.2, 0.25) is 0 Å². The van der Waals surface area contributed by atoms with Gasteiger partial charge in [0, 0.05) is 37.2 Å². The third-order valence-electron chi connectivity index (χ3n) is 6.56. The molecular weight excluding hydrogens is 557 g/mol. The third-order valence-corrected chi connectivity index (χ3v) is 13.3. The number of unbranched alkanes of at least 4 members (excludes halogenated alkanes) is 11. The molecule has 0 fully saturated rings. The molecule has 0 amide bonds. The monoisotopic (exact) mass is 612 g/mol. The van der Waals surface area contributed by atoms with E-state index in [9.17, 15) is 0 Å².